The molecule has 3 aromatic rings. The van der Waals surface area contributed by atoms with Crippen molar-refractivity contribution in [2.75, 3.05) is 5.73 Å². The molecule has 0 aliphatic carbocycles. The van der Waals surface area contributed by atoms with Crippen LogP contribution in [0.4, 0.5) is 10.1 Å². The van der Waals surface area contributed by atoms with E-state index in [2.05, 4.69) is 25.9 Å². The smallest absolute Gasteiger partial charge is 0.238 e. The highest BCUT2D eigenvalue weighted by Crippen LogP contribution is 2.31. The van der Waals surface area contributed by atoms with E-state index in [0.29, 0.717) is 11.2 Å². The highest BCUT2D eigenvalue weighted by molar-refractivity contribution is 9.10. The van der Waals surface area contributed by atoms with E-state index in [-0.39, 0.29) is 16.1 Å². The van der Waals surface area contributed by atoms with Crippen molar-refractivity contribution >= 4 is 32.7 Å². The summed E-state index contributed by atoms with van der Waals surface area (Å²) in [5, 5.41) is 0. The number of hydrogen-bond acceptors (Lipinski definition) is 4. The van der Waals surface area contributed by atoms with Crippen molar-refractivity contribution < 1.29 is 9.13 Å². The third-order valence-corrected chi connectivity index (χ3v) is 3.30. The van der Waals surface area contributed by atoms with Gasteiger partial charge in [-0.15, -0.1) is 0 Å². The number of nitrogen functional groups attached to an aromatic ring is 1. The standard InChI is InChI=1S/C14H9BrFN3O/c15-8-5-10(17)13(6-9(8)16)20-14-7-18-11-3-1-2-4-12(11)19-14/h1-7H,17H2. The van der Waals surface area contributed by atoms with Crippen LogP contribution in [-0.2, 0) is 0 Å². The molecule has 0 spiro atoms. The van der Waals surface area contributed by atoms with Crippen molar-refractivity contribution in [3.8, 4) is 11.6 Å². The number of aromatic nitrogens is 2. The zero-order chi connectivity index (χ0) is 14.1. The average Bonchev–Trinajstić information content (AvgIpc) is 2.44. The number of para-hydroxylation sites is 2. The Hall–Kier alpha value is -2.21. The van der Waals surface area contributed by atoms with Crippen LogP contribution >= 0.6 is 15.9 Å². The Labute approximate surface area is 122 Å². The minimum Gasteiger partial charge on any atom is -0.435 e. The fourth-order valence-corrected chi connectivity index (χ4v) is 2.10. The number of fused-ring (bicyclic) bond motifs is 1. The van der Waals surface area contributed by atoms with Gasteiger partial charge in [0.2, 0.25) is 5.88 Å². The van der Waals surface area contributed by atoms with Crippen LogP contribution in [0.25, 0.3) is 11.0 Å². The molecule has 3 rings (SSSR count). The molecule has 0 atom stereocenters. The van der Waals surface area contributed by atoms with E-state index in [9.17, 15) is 4.39 Å². The number of ether oxygens (including phenoxy) is 1. The van der Waals surface area contributed by atoms with E-state index in [1.807, 2.05) is 24.3 Å². The fraction of sp³-hybridized carbons (Fsp3) is 0. The largest absolute Gasteiger partial charge is 0.435 e. The molecular weight excluding hydrogens is 325 g/mol. The molecule has 0 bridgehead atoms. The summed E-state index contributed by atoms with van der Waals surface area (Å²) in [6.45, 7) is 0. The third kappa shape index (κ3) is 2.42. The van der Waals surface area contributed by atoms with Gasteiger partial charge in [-0.2, -0.15) is 0 Å². The Morgan fingerprint density at radius 1 is 1.15 bits per heavy atom. The number of hydrogen-bond donors (Lipinski definition) is 1. The molecule has 0 fully saturated rings. The second-order valence-electron chi connectivity index (χ2n) is 4.10. The first kappa shape index (κ1) is 12.8. The highest BCUT2D eigenvalue weighted by atomic mass is 79.9. The SMILES string of the molecule is Nc1cc(Br)c(F)cc1Oc1cnc2ccccc2n1. The lowest BCUT2D eigenvalue weighted by Gasteiger charge is -2.08. The topological polar surface area (TPSA) is 61.0 Å². The van der Waals surface area contributed by atoms with E-state index in [1.54, 1.807) is 0 Å². The van der Waals surface area contributed by atoms with Crippen LogP contribution in [0, 0.1) is 5.82 Å². The zero-order valence-electron chi connectivity index (χ0n) is 10.2. The lowest BCUT2D eigenvalue weighted by atomic mass is 10.3. The lowest BCUT2D eigenvalue weighted by molar-refractivity contribution is 0.460. The van der Waals surface area contributed by atoms with Crippen LogP contribution in [0.5, 0.6) is 11.6 Å². The summed E-state index contributed by atoms with van der Waals surface area (Å²) in [6, 6.07) is 10.0. The van der Waals surface area contributed by atoms with Crippen LogP contribution in [-0.4, -0.2) is 9.97 Å². The minimum atomic E-state index is -0.456. The zero-order valence-corrected chi connectivity index (χ0v) is 11.8. The molecule has 2 aromatic carbocycles. The number of nitrogens with zero attached hydrogens (tertiary/aromatic N) is 2. The number of halogens is 2. The van der Waals surface area contributed by atoms with Crippen LogP contribution in [0.3, 0.4) is 0 Å². The van der Waals surface area contributed by atoms with Crippen LogP contribution < -0.4 is 10.5 Å². The van der Waals surface area contributed by atoms with E-state index in [0.717, 1.165) is 5.52 Å². The molecule has 0 saturated carbocycles. The van der Waals surface area contributed by atoms with Gasteiger partial charge < -0.3 is 10.5 Å². The van der Waals surface area contributed by atoms with Crippen LogP contribution in [0.1, 0.15) is 0 Å². The maximum absolute atomic E-state index is 13.5. The second kappa shape index (κ2) is 5.05. The molecule has 0 saturated heterocycles. The molecule has 6 heteroatoms. The van der Waals surface area contributed by atoms with E-state index >= 15 is 0 Å². The molecule has 4 nitrogen and oxygen atoms in total. The first-order valence-corrected chi connectivity index (χ1v) is 6.57. The van der Waals surface area contributed by atoms with E-state index in [1.165, 1.54) is 18.3 Å². The van der Waals surface area contributed by atoms with Gasteiger partial charge in [-0.25, -0.2) is 14.4 Å². The van der Waals surface area contributed by atoms with E-state index < -0.39 is 5.82 Å². The Kier molecular flexibility index (Phi) is 3.23. The highest BCUT2D eigenvalue weighted by Gasteiger charge is 2.09. The molecule has 20 heavy (non-hydrogen) atoms. The molecule has 0 radical (unpaired) electrons. The van der Waals surface area contributed by atoms with Gasteiger partial charge >= 0.3 is 0 Å². The lowest BCUT2D eigenvalue weighted by Crippen LogP contribution is -1.96. The van der Waals surface area contributed by atoms with Crippen molar-refractivity contribution in [2.24, 2.45) is 0 Å². The molecule has 0 unspecified atom stereocenters. The molecule has 2 N–H and O–H groups in total. The van der Waals surface area contributed by atoms with Crippen molar-refractivity contribution in [2.45, 2.75) is 0 Å². The first-order valence-electron chi connectivity index (χ1n) is 5.77. The van der Waals surface area contributed by atoms with Crippen LogP contribution in [0.2, 0.25) is 0 Å². The summed E-state index contributed by atoms with van der Waals surface area (Å²) in [5.41, 5.74) is 7.55. The average molecular weight is 334 g/mol. The van der Waals surface area contributed by atoms with Gasteiger partial charge in [-0.3, -0.25) is 0 Å². The second-order valence-corrected chi connectivity index (χ2v) is 4.96. The van der Waals surface area contributed by atoms with Gasteiger partial charge in [0.25, 0.3) is 0 Å². The number of benzene rings is 2. The maximum Gasteiger partial charge on any atom is 0.238 e. The predicted octanol–water partition coefficient (Wildman–Crippen LogP) is 3.91. The van der Waals surface area contributed by atoms with Gasteiger partial charge in [0, 0.05) is 6.07 Å². The maximum atomic E-state index is 13.5. The van der Waals surface area contributed by atoms with Gasteiger partial charge in [-0.1, -0.05) is 12.1 Å². The Balaban J connectivity index is 1.99. The molecule has 100 valence electrons. The predicted molar refractivity (Wildman–Crippen MR) is 78.1 cm³/mol. The van der Waals surface area contributed by atoms with Gasteiger partial charge in [0.15, 0.2) is 5.75 Å². The first-order chi connectivity index (χ1) is 9.63. The molecule has 1 heterocycles. The van der Waals surface area contributed by atoms with Crippen molar-refractivity contribution in [3.05, 3.63) is 52.9 Å². The molecule has 0 aliphatic heterocycles. The van der Waals surface area contributed by atoms with Crippen molar-refractivity contribution in [1.82, 2.24) is 9.97 Å². The molecule has 1 aromatic heterocycles. The normalized spacial score (nSPS) is 10.7. The van der Waals surface area contributed by atoms with Gasteiger partial charge in [-0.05, 0) is 34.1 Å². The minimum absolute atomic E-state index is 0.204. The van der Waals surface area contributed by atoms with Crippen LogP contribution in [0.15, 0.2) is 47.1 Å². The Morgan fingerprint density at radius 2 is 1.90 bits per heavy atom. The molecule has 0 aliphatic rings. The number of nitrogens with two attached hydrogens (primary N) is 1. The summed E-state index contributed by atoms with van der Waals surface area (Å²) in [5.74, 6) is 0.00959. The molecular formula is C14H9BrFN3O. The summed E-state index contributed by atoms with van der Waals surface area (Å²) < 4.78 is 19.3. The van der Waals surface area contributed by atoms with Crippen molar-refractivity contribution in [1.29, 1.82) is 0 Å². The van der Waals surface area contributed by atoms with E-state index in [4.69, 9.17) is 10.5 Å². The Morgan fingerprint density at radius 3 is 2.70 bits per heavy atom. The summed E-state index contributed by atoms with van der Waals surface area (Å²) >= 11 is 3.06. The number of anilines is 1. The molecule has 0 amide bonds. The van der Waals surface area contributed by atoms with Crippen molar-refractivity contribution in [3.63, 3.8) is 0 Å². The van der Waals surface area contributed by atoms with Gasteiger partial charge in [0.05, 0.1) is 27.4 Å². The summed E-state index contributed by atoms with van der Waals surface area (Å²) in [7, 11) is 0. The van der Waals surface area contributed by atoms with Gasteiger partial charge in [0.1, 0.15) is 5.82 Å². The summed E-state index contributed by atoms with van der Waals surface area (Å²) in [4.78, 5) is 8.50. The quantitative estimate of drug-likeness (QED) is 0.722. The monoisotopic (exact) mass is 333 g/mol. The Bertz CT molecular complexity index is 794. The number of rotatable bonds is 2. The fourth-order valence-electron chi connectivity index (χ4n) is 1.73. The summed E-state index contributed by atoms with van der Waals surface area (Å²) in [6.07, 6.45) is 1.47. The third-order valence-electron chi connectivity index (χ3n) is 2.69.